The molecule has 0 saturated heterocycles. The zero-order valence-corrected chi connectivity index (χ0v) is 10.4. The molecule has 1 heterocycles. The summed E-state index contributed by atoms with van der Waals surface area (Å²) >= 11 is 6.19. The Morgan fingerprint density at radius 3 is 2.94 bits per heavy atom. The summed E-state index contributed by atoms with van der Waals surface area (Å²) in [5.41, 5.74) is 7.19. The van der Waals surface area contributed by atoms with Crippen LogP contribution in [0.2, 0.25) is 5.02 Å². The van der Waals surface area contributed by atoms with Gasteiger partial charge in [0.1, 0.15) is 0 Å². The van der Waals surface area contributed by atoms with E-state index in [0.29, 0.717) is 29.8 Å². The number of benzene rings is 1. The van der Waals surface area contributed by atoms with E-state index in [4.69, 9.17) is 21.8 Å². The van der Waals surface area contributed by atoms with E-state index in [1.807, 2.05) is 25.1 Å². The van der Waals surface area contributed by atoms with Gasteiger partial charge in [0.2, 0.25) is 11.8 Å². The largest absolute Gasteiger partial charge is 0.421 e. The van der Waals surface area contributed by atoms with Crippen LogP contribution in [-0.2, 0) is 6.42 Å². The highest BCUT2D eigenvalue weighted by Gasteiger charge is 2.12. The zero-order chi connectivity index (χ0) is 12.3. The molecule has 0 unspecified atom stereocenters. The molecule has 0 radical (unpaired) electrons. The van der Waals surface area contributed by atoms with Crippen LogP contribution >= 0.6 is 11.6 Å². The molecule has 0 aliphatic rings. The minimum atomic E-state index is 0.464. The summed E-state index contributed by atoms with van der Waals surface area (Å²) in [7, 11) is 0. The lowest BCUT2D eigenvalue weighted by atomic mass is 10.1. The summed E-state index contributed by atoms with van der Waals surface area (Å²) in [5.74, 6) is 1.06. The fraction of sp³-hybridized carbons (Fsp3) is 0.333. The fourth-order valence-electron chi connectivity index (χ4n) is 1.53. The number of rotatable bonds is 4. The number of nitrogens with two attached hydrogens (primary N) is 1. The SMILES string of the molecule is Cc1cccc(-c2nnc(CCCN)o2)c1Cl. The van der Waals surface area contributed by atoms with Gasteiger partial charge in [0.15, 0.2) is 0 Å². The third kappa shape index (κ3) is 2.65. The van der Waals surface area contributed by atoms with Crippen LogP contribution in [0.5, 0.6) is 0 Å². The first-order chi connectivity index (χ1) is 8.22. The molecule has 0 bridgehead atoms. The van der Waals surface area contributed by atoms with Gasteiger partial charge in [0, 0.05) is 6.42 Å². The Hall–Kier alpha value is -1.39. The molecule has 0 spiro atoms. The molecule has 2 aromatic rings. The number of aryl methyl sites for hydroxylation is 2. The molecule has 0 fully saturated rings. The fourth-order valence-corrected chi connectivity index (χ4v) is 1.74. The van der Waals surface area contributed by atoms with E-state index in [1.165, 1.54) is 0 Å². The summed E-state index contributed by atoms with van der Waals surface area (Å²) in [6.45, 7) is 2.56. The van der Waals surface area contributed by atoms with Crippen molar-refractivity contribution in [3.63, 3.8) is 0 Å². The quantitative estimate of drug-likeness (QED) is 0.907. The highest BCUT2D eigenvalue weighted by molar-refractivity contribution is 6.33. The summed E-state index contributed by atoms with van der Waals surface area (Å²) in [6.07, 6.45) is 1.54. The topological polar surface area (TPSA) is 64.9 Å². The summed E-state index contributed by atoms with van der Waals surface area (Å²) in [5, 5.41) is 8.62. The Morgan fingerprint density at radius 1 is 1.35 bits per heavy atom. The van der Waals surface area contributed by atoms with Crippen LogP contribution < -0.4 is 5.73 Å². The number of hydrogen-bond donors (Lipinski definition) is 1. The Balaban J connectivity index is 2.27. The second-order valence-corrected chi connectivity index (χ2v) is 4.21. The third-order valence-electron chi connectivity index (χ3n) is 2.48. The van der Waals surface area contributed by atoms with E-state index in [9.17, 15) is 0 Å². The predicted octanol–water partition coefficient (Wildman–Crippen LogP) is 2.59. The van der Waals surface area contributed by atoms with Crippen LogP contribution in [0, 0.1) is 6.92 Å². The molecule has 1 aromatic carbocycles. The Bertz CT molecular complexity index is 510. The normalized spacial score (nSPS) is 10.8. The molecule has 0 amide bonds. The Morgan fingerprint density at radius 2 is 2.18 bits per heavy atom. The average molecular weight is 252 g/mol. The van der Waals surface area contributed by atoms with E-state index in [2.05, 4.69) is 10.2 Å². The van der Waals surface area contributed by atoms with Crippen LogP contribution in [0.15, 0.2) is 22.6 Å². The van der Waals surface area contributed by atoms with Gasteiger partial charge in [-0.1, -0.05) is 23.7 Å². The molecule has 2 rings (SSSR count). The first-order valence-electron chi connectivity index (χ1n) is 5.50. The van der Waals surface area contributed by atoms with Crippen molar-refractivity contribution in [1.29, 1.82) is 0 Å². The van der Waals surface area contributed by atoms with Gasteiger partial charge >= 0.3 is 0 Å². The maximum Gasteiger partial charge on any atom is 0.249 e. The van der Waals surface area contributed by atoms with Gasteiger partial charge in [-0.3, -0.25) is 0 Å². The maximum atomic E-state index is 6.19. The second kappa shape index (κ2) is 5.29. The van der Waals surface area contributed by atoms with Crippen molar-refractivity contribution in [2.75, 3.05) is 6.54 Å². The van der Waals surface area contributed by atoms with Gasteiger partial charge in [-0.05, 0) is 31.5 Å². The standard InChI is InChI=1S/C12H14ClN3O/c1-8-4-2-5-9(11(8)13)12-16-15-10(17-12)6-3-7-14/h2,4-5H,3,6-7,14H2,1H3. The van der Waals surface area contributed by atoms with E-state index in [-0.39, 0.29) is 0 Å². The summed E-state index contributed by atoms with van der Waals surface area (Å²) in [4.78, 5) is 0. The minimum absolute atomic E-state index is 0.464. The predicted molar refractivity (Wildman–Crippen MR) is 66.9 cm³/mol. The van der Waals surface area contributed by atoms with Gasteiger partial charge in [-0.25, -0.2) is 0 Å². The molecule has 0 aliphatic heterocycles. The molecule has 17 heavy (non-hydrogen) atoms. The molecule has 90 valence electrons. The first kappa shape index (κ1) is 12.1. The van der Waals surface area contributed by atoms with E-state index >= 15 is 0 Å². The lowest BCUT2D eigenvalue weighted by Gasteiger charge is -2.01. The van der Waals surface area contributed by atoms with Crippen molar-refractivity contribution in [2.24, 2.45) is 5.73 Å². The van der Waals surface area contributed by atoms with E-state index < -0.39 is 0 Å². The molecule has 2 N–H and O–H groups in total. The van der Waals surface area contributed by atoms with Gasteiger partial charge in [0.25, 0.3) is 0 Å². The highest BCUT2D eigenvalue weighted by atomic mass is 35.5. The van der Waals surface area contributed by atoms with Crippen molar-refractivity contribution < 1.29 is 4.42 Å². The van der Waals surface area contributed by atoms with E-state index in [0.717, 1.165) is 17.5 Å². The lowest BCUT2D eigenvalue weighted by molar-refractivity contribution is 0.499. The van der Waals surface area contributed by atoms with Crippen molar-refractivity contribution in [1.82, 2.24) is 10.2 Å². The van der Waals surface area contributed by atoms with Crippen LogP contribution in [0.3, 0.4) is 0 Å². The van der Waals surface area contributed by atoms with Gasteiger partial charge in [-0.2, -0.15) is 0 Å². The number of aromatic nitrogens is 2. The number of halogens is 1. The van der Waals surface area contributed by atoms with Crippen LogP contribution in [-0.4, -0.2) is 16.7 Å². The summed E-state index contributed by atoms with van der Waals surface area (Å²) in [6, 6.07) is 5.73. The average Bonchev–Trinajstić information content (AvgIpc) is 2.78. The molecule has 5 heteroatoms. The maximum absolute atomic E-state index is 6.19. The zero-order valence-electron chi connectivity index (χ0n) is 9.61. The highest BCUT2D eigenvalue weighted by Crippen LogP contribution is 2.29. The van der Waals surface area contributed by atoms with Gasteiger partial charge in [-0.15, -0.1) is 10.2 Å². The lowest BCUT2D eigenvalue weighted by Crippen LogP contribution is -2.00. The number of nitrogens with zero attached hydrogens (tertiary/aromatic N) is 2. The molecule has 0 saturated carbocycles. The van der Waals surface area contributed by atoms with Crippen molar-refractivity contribution in [2.45, 2.75) is 19.8 Å². The van der Waals surface area contributed by atoms with Crippen LogP contribution in [0.25, 0.3) is 11.5 Å². The van der Waals surface area contributed by atoms with Crippen LogP contribution in [0.4, 0.5) is 0 Å². The monoisotopic (exact) mass is 251 g/mol. The van der Waals surface area contributed by atoms with Crippen LogP contribution in [0.1, 0.15) is 17.9 Å². The molecule has 4 nitrogen and oxygen atoms in total. The number of hydrogen-bond acceptors (Lipinski definition) is 4. The molecular formula is C12H14ClN3O. The van der Waals surface area contributed by atoms with Gasteiger partial charge < -0.3 is 10.2 Å². The van der Waals surface area contributed by atoms with E-state index in [1.54, 1.807) is 0 Å². The Kier molecular flexibility index (Phi) is 3.76. The molecule has 0 atom stereocenters. The smallest absolute Gasteiger partial charge is 0.249 e. The Labute approximate surface area is 105 Å². The van der Waals surface area contributed by atoms with Gasteiger partial charge in [0.05, 0.1) is 10.6 Å². The molecule has 1 aromatic heterocycles. The minimum Gasteiger partial charge on any atom is -0.421 e. The second-order valence-electron chi connectivity index (χ2n) is 3.83. The van der Waals surface area contributed by atoms with Crippen molar-refractivity contribution >= 4 is 11.6 Å². The third-order valence-corrected chi connectivity index (χ3v) is 2.99. The molecule has 0 aliphatic carbocycles. The molecular weight excluding hydrogens is 238 g/mol. The van der Waals surface area contributed by atoms with Crippen molar-refractivity contribution in [3.05, 3.63) is 34.7 Å². The van der Waals surface area contributed by atoms with Crippen molar-refractivity contribution in [3.8, 4) is 11.5 Å². The summed E-state index contributed by atoms with van der Waals surface area (Å²) < 4.78 is 5.55. The first-order valence-corrected chi connectivity index (χ1v) is 5.88.